The Morgan fingerprint density at radius 2 is 1.43 bits per heavy atom. The molecule has 2 heterocycles. The maximum atomic E-state index is 9.57. The molecule has 0 aliphatic carbocycles. The van der Waals surface area contributed by atoms with E-state index in [0.29, 0.717) is 11.3 Å². The number of allylic oxidation sites excluding steroid dienone is 4. The zero-order chi connectivity index (χ0) is 28.2. The molecule has 0 aliphatic heterocycles. The van der Waals surface area contributed by atoms with Gasteiger partial charge in [-0.25, -0.2) is 9.97 Å². The van der Waals surface area contributed by atoms with Gasteiger partial charge in [-0.1, -0.05) is 98.8 Å². The highest BCUT2D eigenvalue weighted by Gasteiger charge is 2.15. The van der Waals surface area contributed by atoms with Gasteiger partial charge in [0.15, 0.2) is 5.82 Å². The first kappa shape index (κ1) is 27.5. The van der Waals surface area contributed by atoms with Gasteiger partial charge in [0.1, 0.15) is 0 Å². The van der Waals surface area contributed by atoms with E-state index in [0.717, 1.165) is 47.9 Å². The number of aromatic nitrogens is 2. The highest BCUT2D eigenvalue weighted by Crippen LogP contribution is 2.36. The zero-order valence-corrected chi connectivity index (χ0v) is 23.9. The maximum Gasteiger partial charge on any atom is 0.488 e. The van der Waals surface area contributed by atoms with Gasteiger partial charge in [0.2, 0.25) is 0 Å². The first-order valence-electron chi connectivity index (χ1n) is 13.5. The topological polar surface area (TPSA) is 66.2 Å². The van der Waals surface area contributed by atoms with Crippen LogP contribution in [-0.2, 0) is 0 Å². The molecule has 6 aromatic rings. The van der Waals surface area contributed by atoms with Crippen molar-refractivity contribution >= 4 is 60.6 Å². The van der Waals surface area contributed by atoms with Crippen molar-refractivity contribution in [3.63, 3.8) is 0 Å². The van der Waals surface area contributed by atoms with Crippen molar-refractivity contribution in [3.8, 4) is 22.6 Å². The molecule has 0 saturated heterocycles. The normalized spacial score (nSPS) is 11.8. The second kappa shape index (κ2) is 12.0. The lowest BCUT2D eigenvalue weighted by molar-refractivity contribution is 0.426. The maximum absolute atomic E-state index is 9.57. The number of nitrogens with zero attached hydrogens (tertiary/aromatic N) is 2. The van der Waals surface area contributed by atoms with Crippen molar-refractivity contribution in [3.05, 3.63) is 109 Å². The van der Waals surface area contributed by atoms with Gasteiger partial charge in [0.25, 0.3) is 0 Å². The molecule has 0 amide bonds. The van der Waals surface area contributed by atoms with E-state index in [2.05, 4.69) is 73.7 Å². The van der Waals surface area contributed by atoms with Crippen molar-refractivity contribution in [1.29, 1.82) is 0 Å². The number of thiophene rings is 1. The fraction of sp³-hybridized carbons (Fsp3) is 0.118. The van der Waals surface area contributed by atoms with Crippen LogP contribution in [0.2, 0.25) is 0 Å². The molecular formula is C34H31BN2O2S. The van der Waals surface area contributed by atoms with Crippen LogP contribution in [0.5, 0.6) is 0 Å². The summed E-state index contributed by atoms with van der Waals surface area (Å²) in [5.74, 6) is 0.677. The summed E-state index contributed by atoms with van der Waals surface area (Å²) >= 11 is 1.63. The predicted octanol–water partition coefficient (Wildman–Crippen LogP) is 8.02. The lowest BCUT2D eigenvalue weighted by Crippen LogP contribution is -2.29. The summed E-state index contributed by atoms with van der Waals surface area (Å²) in [6.45, 7) is 8.08. The van der Waals surface area contributed by atoms with Gasteiger partial charge >= 0.3 is 7.12 Å². The molecule has 6 rings (SSSR count). The lowest BCUT2D eigenvalue weighted by Gasteiger charge is -2.10. The second-order valence-corrected chi connectivity index (χ2v) is 10.3. The molecule has 4 nitrogen and oxygen atoms in total. The van der Waals surface area contributed by atoms with Crippen LogP contribution in [-0.4, -0.2) is 27.1 Å². The van der Waals surface area contributed by atoms with Gasteiger partial charge in [0.05, 0.1) is 11.2 Å². The first-order valence-corrected chi connectivity index (χ1v) is 14.4. The summed E-state index contributed by atoms with van der Waals surface area (Å²) in [5.41, 5.74) is 6.64. The summed E-state index contributed by atoms with van der Waals surface area (Å²) < 4.78 is 2.12. The van der Waals surface area contributed by atoms with Crippen LogP contribution in [0.15, 0.2) is 103 Å². The quantitative estimate of drug-likeness (QED) is 0.171. The fourth-order valence-corrected chi connectivity index (χ4v) is 6.07. The Morgan fingerprint density at radius 3 is 2.12 bits per heavy atom. The Morgan fingerprint density at radius 1 is 0.750 bits per heavy atom. The smallest absolute Gasteiger partial charge is 0.423 e. The average Bonchev–Trinajstić information content (AvgIpc) is 3.37. The van der Waals surface area contributed by atoms with E-state index in [1.807, 2.05) is 51.1 Å². The molecular weight excluding hydrogens is 511 g/mol. The minimum absolute atomic E-state index is 0.491. The van der Waals surface area contributed by atoms with E-state index in [4.69, 9.17) is 9.97 Å². The Hall–Kier alpha value is -4.10. The zero-order valence-electron chi connectivity index (χ0n) is 23.1. The van der Waals surface area contributed by atoms with Gasteiger partial charge in [-0.2, -0.15) is 0 Å². The molecule has 0 saturated carbocycles. The summed E-state index contributed by atoms with van der Waals surface area (Å²) in [6, 6.07) is 28.5. The molecule has 4 aromatic carbocycles. The molecule has 0 spiro atoms. The van der Waals surface area contributed by atoms with Crippen LogP contribution in [0.4, 0.5) is 0 Å². The van der Waals surface area contributed by atoms with Crippen molar-refractivity contribution in [2.24, 2.45) is 0 Å². The van der Waals surface area contributed by atoms with Gasteiger partial charge in [0, 0.05) is 36.7 Å². The van der Waals surface area contributed by atoms with Crippen LogP contribution < -0.4 is 5.46 Å². The molecule has 0 fully saturated rings. The lowest BCUT2D eigenvalue weighted by atomic mass is 9.80. The average molecular weight is 543 g/mol. The summed E-state index contributed by atoms with van der Waals surface area (Å²) in [5, 5.41) is 22.4. The van der Waals surface area contributed by atoms with E-state index >= 15 is 0 Å². The monoisotopic (exact) mass is 542 g/mol. The van der Waals surface area contributed by atoms with Crippen molar-refractivity contribution in [1.82, 2.24) is 9.97 Å². The minimum atomic E-state index is -1.48. The van der Waals surface area contributed by atoms with Crippen LogP contribution in [0, 0.1) is 0 Å². The Kier molecular flexibility index (Phi) is 8.22. The van der Waals surface area contributed by atoms with Crippen LogP contribution in [0.3, 0.4) is 0 Å². The molecule has 2 aromatic heterocycles. The summed E-state index contributed by atoms with van der Waals surface area (Å²) in [4.78, 5) is 9.99. The molecule has 6 heteroatoms. The van der Waals surface area contributed by atoms with Gasteiger partial charge in [-0.3, -0.25) is 0 Å². The number of benzene rings is 4. The van der Waals surface area contributed by atoms with E-state index in [1.165, 1.54) is 11.1 Å². The second-order valence-electron chi connectivity index (χ2n) is 9.18. The van der Waals surface area contributed by atoms with Gasteiger partial charge in [-0.05, 0) is 48.6 Å². The third kappa shape index (κ3) is 5.21. The minimum Gasteiger partial charge on any atom is -0.423 e. The van der Waals surface area contributed by atoms with E-state index in [1.54, 1.807) is 17.4 Å². The van der Waals surface area contributed by atoms with E-state index < -0.39 is 7.12 Å². The largest absolute Gasteiger partial charge is 0.488 e. The summed E-state index contributed by atoms with van der Waals surface area (Å²) in [7, 11) is -1.48. The fourth-order valence-electron chi connectivity index (χ4n) is 4.88. The van der Waals surface area contributed by atoms with Crippen LogP contribution in [0.25, 0.3) is 59.3 Å². The number of hydrogen-bond donors (Lipinski definition) is 2. The van der Waals surface area contributed by atoms with E-state index in [9.17, 15) is 10.0 Å². The number of para-hydroxylation sites is 1. The van der Waals surface area contributed by atoms with Crippen molar-refractivity contribution in [2.75, 3.05) is 0 Å². The van der Waals surface area contributed by atoms with Gasteiger partial charge < -0.3 is 10.0 Å². The predicted molar refractivity (Wildman–Crippen MR) is 173 cm³/mol. The molecule has 2 N–H and O–H groups in total. The molecule has 40 heavy (non-hydrogen) atoms. The first-order chi connectivity index (χ1) is 19.6. The van der Waals surface area contributed by atoms with Crippen molar-refractivity contribution in [2.45, 2.75) is 27.7 Å². The number of fused-ring (bicyclic) bond motifs is 4. The van der Waals surface area contributed by atoms with Crippen molar-refractivity contribution < 1.29 is 10.0 Å². The molecule has 0 unspecified atom stereocenters. The summed E-state index contributed by atoms with van der Waals surface area (Å²) in [6.07, 6.45) is 6.28. The number of hydrogen-bond acceptors (Lipinski definition) is 5. The SMILES string of the molecule is C/C=C\C(=C/C)c1ccc(-c2nc(-c3ccc4c(c3)sc3cc(B(O)O)ccc34)nc3ccccc23)cc1.CC. The molecule has 0 bridgehead atoms. The number of rotatable bonds is 5. The third-order valence-corrected chi connectivity index (χ3v) is 7.92. The van der Waals surface area contributed by atoms with Crippen LogP contribution in [0.1, 0.15) is 33.3 Å². The van der Waals surface area contributed by atoms with Gasteiger partial charge in [-0.15, -0.1) is 11.3 Å². The van der Waals surface area contributed by atoms with Crippen LogP contribution >= 0.6 is 11.3 Å². The Balaban J connectivity index is 0.00000158. The molecule has 198 valence electrons. The standard InChI is InChI=1S/C32H25BN2O2S.C2H6/c1-3-7-20(4-2)21-10-12-22(13-11-21)31-27-8-5-6-9-28(27)34-32(35-31)23-14-16-25-26-17-15-24(33(36)37)19-30(26)38-29(25)18-23;1-2/h3-19,36-37H,1-2H3;1-2H3/b7-3-,20-4+;. The molecule has 0 aliphatic rings. The highest BCUT2D eigenvalue weighted by molar-refractivity contribution is 7.25. The Labute approximate surface area is 239 Å². The molecule has 0 radical (unpaired) electrons. The van der Waals surface area contributed by atoms with E-state index in [-0.39, 0.29) is 0 Å². The Bertz CT molecular complexity index is 1870. The third-order valence-electron chi connectivity index (χ3n) is 6.81. The highest BCUT2D eigenvalue weighted by atomic mass is 32.1. The molecule has 0 atom stereocenters.